The third-order valence-electron chi connectivity index (χ3n) is 3.78. The molecule has 86 valence electrons. The molecule has 3 rings (SSSR count). The van der Waals surface area contributed by atoms with Gasteiger partial charge in [0.2, 0.25) is 0 Å². The number of hydrogen-bond donors (Lipinski definition) is 1. The number of hydrogen-bond acceptors (Lipinski definition) is 2. The van der Waals surface area contributed by atoms with Crippen LogP contribution in [0.2, 0.25) is 0 Å². The predicted molar refractivity (Wildman–Crippen MR) is 68.0 cm³/mol. The molecule has 0 aromatic heterocycles. The van der Waals surface area contributed by atoms with E-state index in [-0.39, 0.29) is 6.10 Å². The molecule has 0 aliphatic heterocycles. The van der Waals surface area contributed by atoms with E-state index in [0.717, 1.165) is 6.42 Å². The molecule has 0 radical (unpaired) electrons. The molecule has 0 saturated heterocycles. The molecule has 1 fully saturated rings. The lowest BCUT2D eigenvalue weighted by molar-refractivity contribution is 0.188. The van der Waals surface area contributed by atoms with Crippen molar-refractivity contribution in [2.24, 2.45) is 0 Å². The van der Waals surface area contributed by atoms with Crippen LogP contribution in [-0.4, -0.2) is 16.5 Å². The summed E-state index contributed by atoms with van der Waals surface area (Å²) in [6.45, 7) is 0. The van der Waals surface area contributed by atoms with Gasteiger partial charge >= 0.3 is 0 Å². The molecule has 0 heterocycles. The number of aryl methyl sites for hydroxylation is 2. The molecule has 1 aromatic rings. The van der Waals surface area contributed by atoms with Crippen molar-refractivity contribution >= 4 is 11.8 Å². The maximum atomic E-state index is 9.82. The molecular weight excluding hydrogens is 216 g/mol. The number of aliphatic hydroxyl groups is 1. The van der Waals surface area contributed by atoms with Crippen LogP contribution >= 0.6 is 11.8 Å². The maximum Gasteiger partial charge on any atom is 0.0662 e. The summed E-state index contributed by atoms with van der Waals surface area (Å²) >= 11 is 1.88. The lowest BCUT2D eigenvalue weighted by atomic mass is 10.1. The molecule has 0 bridgehead atoms. The Bertz CT molecular complexity index is 388. The lowest BCUT2D eigenvalue weighted by Gasteiger charge is -2.14. The Labute approximate surface area is 101 Å². The van der Waals surface area contributed by atoms with Gasteiger partial charge in [-0.1, -0.05) is 6.07 Å². The van der Waals surface area contributed by atoms with Crippen LogP contribution in [0.1, 0.15) is 36.8 Å². The highest BCUT2D eigenvalue weighted by atomic mass is 32.2. The minimum atomic E-state index is -0.0849. The maximum absolute atomic E-state index is 9.82. The van der Waals surface area contributed by atoms with Crippen LogP contribution in [0.25, 0.3) is 0 Å². The van der Waals surface area contributed by atoms with Gasteiger partial charge in [0, 0.05) is 10.1 Å². The first-order chi connectivity index (χ1) is 7.83. The summed E-state index contributed by atoms with van der Waals surface area (Å²) in [6, 6.07) is 6.86. The summed E-state index contributed by atoms with van der Waals surface area (Å²) in [5, 5.41) is 10.3. The van der Waals surface area contributed by atoms with Crippen molar-refractivity contribution < 1.29 is 5.11 Å². The van der Waals surface area contributed by atoms with E-state index in [0.29, 0.717) is 5.25 Å². The van der Waals surface area contributed by atoms with Crippen molar-refractivity contribution in [3.8, 4) is 0 Å². The van der Waals surface area contributed by atoms with Crippen molar-refractivity contribution in [2.45, 2.75) is 54.8 Å². The predicted octanol–water partition coefficient (Wildman–Crippen LogP) is 3.18. The molecule has 1 saturated carbocycles. The molecule has 2 atom stereocenters. The molecule has 2 aliphatic rings. The van der Waals surface area contributed by atoms with E-state index in [2.05, 4.69) is 18.2 Å². The molecule has 2 heteroatoms. The second-order valence-electron chi connectivity index (χ2n) is 4.94. The molecule has 1 aromatic carbocycles. The fourth-order valence-corrected chi connectivity index (χ4v) is 4.12. The third kappa shape index (κ3) is 2.01. The van der Waals surface area contributed by atoms with Crippen molar-refractivity contribution in [3.63, 3.8) is 0 Å². The summed E-state index contributed by atoms with van der Waals surface area (Å²) in [4.78, 5) is 1.35. The van der Waals surface area contributed by atoms with Crippen LogP contribution in [0.4, 0.5) is 0 Å². The highest BCUT2D eigenvalue weighted by Crippen LogP contribution is 2.36. The monoisotopic (exact) mass is 234 g/mol. The Kier molecular flexibility index (Phi) is 2.95. The molecular formula is C14H18OS. The summed E-state index contributed by atoms with van der Waals surface area (Å²) in [5.74, 6) is 0. The van der Waals surface area contributed by atoms with Gasteiger partial charge in [-0.05, 0) is 61.8 Å². The largest absolute Gasteiger partial charge is 0.392 e. The minimum Gasteiger partial charge on any atom is -0.392 e. The minimum absolute atomic E-state index is 0.0849. The standard InChI is InChI=1S/C14H18OS/c15-13-5-2-6-14(13)16-12-8-7-10-3-1-4-11(10)9-12/h7-9,13-15H,1-6H2/t13-,14-/m1/s1. The van der Waals surface area contributed by atoms with Gasteiger partial charge in [0.15, 0.2) is 0 Å². The average molecular weight is 234 g/mol. The molecule has 0 amide bonds. The lowest BCUT2D eigenvalue weighted by Crippen LogP contribution is -2.14. The highest BCUT2D eigenvalue weighted by Gasteiger charge is 2.26. The van der Waals surface area contributed by atoms with Crippen molar-refractivity contribution in [2.75, 3.05) is 0 Å². The summed E-state index contributed by atoms with van der Waals surface area (Å²) in [7, 11) is 0. The van der Waals surface area contributed by atoms with Crippen molar-refractivity contribution in [3.05, 3.63) is 29.3 Å². The van der Waals surface area contributed by atoms with Gasteiger partial charge in [-0.15, -0.1) is 11.8 Å². The first-order valence-corrected chi connectivity index (χ1v) is 7.17. The fraction of sp³-hybridized carbons (Fsp3) is 0.571. The fourth-order valence-electron chi connectivity index (χ4n) is 2.84. The number of aliphatic hydroxyl groups excluding tert-OH is 1. The Balaban J connectivity index is 1.75. The number of benzene rings is 1. The Morgan fingerprint density at radius 1 is 1.06 bits per heavy atom. The van der Waals surface area contributed by atoms with E-state index in [9.17, 15) is 5.11 Å². The second-order valence-corrected chi connectivity index (χ2v) is 6.25. The smallest absolute Gasteiger partial charge is 0.0662 e. The molecule has 0 unspecified atom stereocenters. The van der Waals surface area contributed by atoms with Crippen LogP contribution in [0.3, 0.4) is 0 Å². The highest BCUT2D eigenvalue weighted by molar-refractivity contribution is 8.00. The van der Waals surface area contributed by atoms with E-state index in [4.69, 9.17) is 0 Å². The van der Waals surface area contributed by atoms with Gasteiger partial charge in [0.25, 0.3) is 0 Å². The Morgan fingerprint density at radius 2 is 1.94 bits per heavy atom. The summed E-state index contributed by atoms with van der Waals surface area (Å²) in [5.41, 5.74) is 3.08. The first kappa shape index (κ1) is 10.7. The van der Waals surface area contributed by atoms with Gasteiger partial charge in [0.05, 0.1) is 6.10 Å². The van der Waals surface area contributed by atoms with E-state index in [1.807, 2.05) is 11.8 Å². The van der Waals surface area contributed by atoms with Gasteiger partial charge in [0.1, 0.15) is 0 Å². The third-order valence-corrected chi connectivity index (χ3v) is 5.15. The SMILES string of the molecule is O[C@@H]1CCC[C@H]1Sc1ccc2c(c1)CCC2. The van der Waals surface area contributed by atoms with Crippen molar-refractivity contribution in [1.29, 1.82) is 0 Å². The van der Waals surface area contributed by atoms with Gasteiger partial charge in [-0.3, -0.25) is 0 Å². The average Bonchev–Trinajstić information content (AvgIpc) is 2.88. The van der Waals surface area contributed by atoms with Crippen LogP contribution < -0.4 is 0 Å². The Hall–Kier alpha value is -0.470. The number of thioether (sulfide) groups is 1. The molecule has 2 aliphatic carbocycles. The van der Waals surface area contributed by atoms with Gasteiger partial charge in [-0.2, -0.15) is 0 Å². The summed E-state index contributed by atoms with van der Waals surface area (Å²) < 4.78 is 0. The first-order valence-electron chi connectivity index (χ1n) is 6.29. The summed E-state index contributed by atoms with van der Waals surface area (Å²) in [6.07, 6.45) is 7.08. The molecule has 0 spiro atoms. The van der Waals surface area contributed by atoms with Gasteiger partial charge in [-0.25, -0.2) is 0 Å². The van der Waals surface area contributed by atoms with Crippen LogP contribution in [0.5, 0.6) is 0 Å². The normalized spacial score (nSPS) is 28.3. The Morgan fingerprint density at radius 3 is 2.75 bits per heavy atom. The van der Waals surface area contributed by atoms with Crippen LogP contribution in [0.15, 0.2) is 23.1 Å². The zero-order valence-electron chi connectivity index (χ0n) is 9.48. The molecule has 16 heavy (non-hydrogen) atoms. The van der Waals surface area contributed by atoms with E-state index in [1.165, 1.54) is 48.1 Å². The number of rotatable bonds is 2. The zero-order valence-corrected chi connectivity index (χ0v) is 10.3. The van der Waals surface area contributed by atoms with Crippen LogP contribution in [0, 0.1) is 0 Å². The van der Waals surface area contributed by atoms with E-state index >= 15 is 0 Å². The van der Waals surface area contributed by atoms with E-state index < -0.39 is 0 Å². The van der Waals surface area contributed by atoms with Crippen molar-refractivity contribution in [1.82, 2.24) is 0 Å². The zero-order chi connectivity index (χ0) is 11.0. The topological polar surface area (TPSA) is 20.2 Å². The number of fused-ring (bicyclic) bond motifs is 1. The van der Waals surface area contributed by atoms with E-state index in [1.54, 1.807) is 0 Å². The molecule has 1 nitrogen and oxygen atoms in total. The second kappa shape index (κ2) is 4.42. The van der Waals surface area contributed by atoms with Crippen LogP contribution in [-0.2, 0) is 12.8 Å². The quantitative estimate of drug-likeness (QED) is 0.848. The van der Waals surface area contributed by atoms with Gasteiger partial charge < -0.3 is 5.11 Å². The molecule has 1 N–H and O–H groups in total.